The Labute approximate surface area is 171 Å². The lowest BCUT2D eigenvalue weighted by atomic mass is 9.81. The monoisotopic (exact) mass is 390 g/mol. The second kappa shape index (κ2) is 8.86. The van der Waals surface area contributed by atoms with E-state index in [2.05, 4.69) is 57.9 Å². The van der Waals surface area contributed by atoms with Gasteiger partial charge in [-0.2, -0.15) is 9.97 Å². The predicted octanol–water partition coefficient (Wildman–Crippen LogP) is 4.40. The largest absolute Gasteiger partial charge is 0.294 e. The van der Waals surface area contributed by atoms with Crippen LogP contribution in [0.5, 0.6) is 0 Å². The zero-order chi connectivity index (χ0) is 20.9. The highest BCUT2D eigenvalue weighted by Crippen LogP contribution is 2.29. The summed E-state index contributed by atoms with van der Waals surface area (Å²) >= 11 is 0. The summed E-state index contributed by atoms with van der Waals surface area (Å²) in [5.74, 6) is 1.37. The van der Waals surface area contributed by atoms with Crippen LogP contribution in [-0.2, 0) is 4.79 Å². The van der Waals surface area contributed by atoms with Crippen molar-refractivity contribution in [3.05, 3.63) is 48.8 Å². The quantitative estimate of drug-likeness (QED) is 0.643. The Hall–Kier alpha value is -3.22. The molecule has 0 saturated carbocycles. The van der Waals surface area contributed by atoms with E-state index in [1.54, 1.807) is 12.4 Å². The molecule has 150 valence electrons. The Morgan fingerprint density at radius 1 is 0.931 bits per heavy atom. The molecule has 0 aliphatic rings. The number of hydrogen-bond donors (Lipinski definition) is 1. The molecule has 0 aliphatic heterocycles. The minimum absolute atomic E-state index is 0.112. The summed E-state index contributed by atoms with van der Waals surface area (Å²) in [5, 5.41) is 2.83. The van der Waals surface area contributed by atoms with Gasteiger partial charge in [-0.25, -0.2) is 4.98 Å². The second-order valence-corrected chi connectivity index (χ2v) is 8.22. The van der Waals surface area contributed by atoms with Gasteiger partial charge < -0.3 is 0 Å². The van der Waals surface area contributed by atoms with Gasteiger partial charge in [0.05, 0.1) is 0 Å². The molecule has 1 amide bonds. The number of rotatable bonds is 7. The number of hydrogen-bond acceptors (Lipinski definition) is 6. The van der Waals surface area contributed by atoms with Crippen molar-refractivity contribution in [2.45, 2.75) is 40.5 Å². The molecule has 0 atom stereocenters. The summed E-state index contributed by atoms with van der Waals surface area (Å²) in [5.41, 5.74) is 1.09. The minimum atomic E-state index is -0.124. The molecule has 29 heavy (non-hydrogen) atoms. The molecule has 0 aliphatic carbocycles. The molecule has 0 bridgehead atoms. The number of nitrogens with zero attached hydrogens (tertiary/aromatic N) is 5. The normalized spacial score (nSPS) is 11.5. The van der Waals surface area contributed by atoms with Gasteiger partial charge in [0.15, 0.2) is 11.6 Å². The van der Waals surface area contributed by atoms with Crippen LogP contribution in [0.4, 0.5) is 5.95 Å². The summed E-state index contributed by atoms with van der Waals surface area (Å²) in [6, 6.07) is 11.0. The van der Waals surface area contributed by atoms with Crippen LogP contribution in [0.2, 0.25) is 0 Å². The van der Waals surface area contributed by atoms with Gasteiger partial charge >= 0.3 is 0 Å². The van der Waals surface area contributed by atoms with Crippen LogP contribution in [0.1, 0.15) is 40.5 Å². The van der Waals surface area contributed by atoms with E-state index in [4.69, 9.17) is 0 Å². The number of pyridine rings is 2. The van der Waals surface area contributed by atoms with Crippen molar-refractivity contribution in [1.29, 1.82) is 0 Å². The Morgan fingerprint density at radius 3 is 1.93 bits per heavy atom. The number of carbonyl (C=O) groups is 1. The maximum absolute atomic E-state index is 12.7. The van der Waals surface area contributed by atoms with Gasteiger partial charge in [-0.05, 0) is 42.0 Å². The predicted molar refractivity (Wildman–Crippen MR) is 113 cm³/mol. The van der Waals surface area contributed by atoms with Gasteiger partial charge in [0.2, 0.25) is 11.9 Å². The van der Waals surface area contributed by atoms with E-state index in [1.165, 1.54) is 0 Å². The molecule has 0 aromatic carbocycles. The smallest absolute Gasteiger partial charge is 0.233 e. The summed E-state index contributed by atoms with van der Waals surface area (Å²) < 4.78 is 0. The molecule has 0 fully saturated rings. The van der Waals surface area contributed by atoms with E-state index in [0.29, 0.717) is 35.4 Å². The highest BCUT2D eigenvalue weighted by molar-refractivity contribution is 5.89. The average molecular weight is 390 g/mol. The lowest BCUT2D eigenvalue weighted by Gasteiger charge is -2.25. The number of amides is 1. The molecule has 0 radical (unpaired) electrons. The van der Waals surface area contributed by atoms with Crippen LogP contribution in [0, 0.1) is 11.3 Å². The third-order valence-electron chi connectivity index (χ3n) is 4.27. The van der Waals surface area contributed by atoms with Crippen molar-refractivity contribution >= 4 is 11.9 Å². The highest BCUT2D eigenvalue weighted by Gasteiger charge is 2.24. The van der Waals surface area contributed by atoms with Crippen molar-refractivity contribution < 1.29 is 4.79 Å². The van der Waals surface area contributed by atoms with Gasteiger partial charge in [0.25, 0.3) is 0 Å². The molecule has 3 heterocycles. The minimum Gasteiger partial charge on any atom is -0.294 e. The Bertz CT molecular complexity index is 900. The van der Waals surface area contributed by atoms with Crippen LogP contribution in [0.25, 0.3) is 23.0 Å². The van der Waals surface area contributed by atoms with Gasteiger partial charge in [0.1, 0.15) is 11.4 Å². The van der Waals surface area contributed by atoms with E-state index in [0.717, 1.165) is 6.42 Å². The number of aromatic nitrogens is 5. The maximum Gasteiger partial charge on any atom is 0.233 e. The first-order chi connectivity index (χ1) is 13.8. The van der Waals surface area contributed by atoms with Crippen LogP contribution in [0.3, 0.4) is 0 Å². The van der Waals surface area contributed by atoms with Crippen LogP contribution < -0.4 is 5.32 Å². The number of anilines is 1. The second-order valence-electron chi connectivity index (χ2n) is 8.22. The van der Waals surface area contributed by atoms with Crippen molar-refractivity contribution in [3.8, 4) is 23.0 Å². The lowest BCUT2D eigenvalue weighted by molar-refractivity contribution is -0.118. The van der Waals surface area contributed by atoms with Gasteiger partial charge in [-0.1, -0.05) is 39.8 Å². The Kier molecular flexibility index (Phi) is 6.26. The zero-order valence-electron chi connectivity index (χ0n) is 17.3. The first-order valence-electron chi connectivity index (χ1n) is 9.71. The topological polar surface area (TPSA) is 93.6 Å². The first-order valence-corrected chi connectivity index (χ1v) is 9.71. The molecular weight excluding hydrogens is 364 g/mol. The summed E-state index contributed by atoms with van der Waals surface area (Å²) in [4.78, 5) is 34.6. The van der Waals surface area contributed by atoms with Gasteiger partial charge in [0, 0.05) is 18.8 Å². The summed E-state index contributed by atoms with van der Waals surface area (Å²) in [6.45, 7) is 8.51. The van der Waals surface area contributed by atoms with Gasteiger partial charge in [-0.15, -0.1) is 0 Å². The van der Waals surface area contributed by atoms with Crippen LogP contribution >= 0.6 is 0 Å². The van der Waals surface area contributed by atoms with E-state index >= 15 is 0 Å². The van der Waals surface area contributed by atoms with Crippen LogP contribution in [0.15, 0.2) is 48.8 Å². The molecule has 0 unspecified atom stereocenters. The van der Waals surface area contributed by atoms with Crippen molar-refractivity contribution in [2.75, 3.05) is 5.32 Å². The van der Waals surface area contributed by atoms with Crippen LogP contribution in [-0.4, -0.2) is 30.8 Å². The molecule has 7 heteroatoms. The molecule has 3 aromatic heterocycles. The summed E-state index contributed by atoms with van der Waals surface area (Å²) in [7, 11) is 0. The molecule has 0 saturated heterocycles. The maximum atomic E-state index is 12.7. The van der Waals surface area contributed by atoms with Crippen molar-refractivity contribution in [3.63, 3.8) is 0 Å². The number of carbonyl (C=O) groups excluding carboxylic acids is 1. The number of nitrogens with one attached hydrogen (secondary N) is 1. The standard InChI is InChI=1S/C22H26N6O/c1-15(2)13-22(3,4)14-18(29)25-21-27-19(16-9-5-7-11-23-16)26-20(28-21)17-10-6-8-12-24-17/h5-12,15H,13-14H2,1-4H3,(H,25,26,27,28,29). The lowest BCUT2D eigenvalue weighted by Crippen LogP contribution is -2.24. The molecule has 0 spiro atoms. The average Bonchev–Trinajstić information content (AvgIpc) is 2.67. The molecule has 7 nitrogen and oxygen atoms in total. The van der Waals surface area contributed by atoms with Gasteiger partial charge in [-0.3, -0.25) is 20.1 Å². The molecule has 3 aromatic rings. The SMILES string of the molecule is CC(C)CC(C)(C)CC(=O)Nc1nc(-c2ccccn2)nc(-c2ccccn2)n1. The van der Waals surface area contributed by atoms with E-state index in [1.807, 2.05) is 36.4 Å². The highest BCUT2D eigenvalue weighted by atomic mass is 16.1. The third kappa shape index (κ3) is 5.88. The zero-order valence-corrected chi connectivity index (χ0v) is 17.3. The van der Waals surface area contributed by atoms with E-state index in [9.17, 15) is 4.79 Å². The first kappa shape index (κ1) is 20.5. The summed E-state index contributed by atoms with van der Waals surface area (Å²) in [6.07, 6.45) is 4.68. The fraction of sp³-hybridized carbons (Fsp3) is 0.364. The van der Waals surface area contributed by atoms with E-state index < -0.39 is 0 Å². The molecule has 3 rings (SSSR count). The molecule has 1 N–H and O–H groups in total. The van der Waals surface area contributed by atoms with E-state index in [-0.39, 0.29) is 17.3 Å². The fourth-order valence-corrected chi connectivity index (χ4v) is 3.43. The Morgan fingerprint density at radius 2 is 1.48 bits per heavy atom. The Balaban J connectivity index is 1.90. The van der Waals surface area contributed by atoms with Crippen molar-refractivity contribution in [2.24, 2.45) is 11.3 Å². The van der Waals surface area contributed by atoms with Crippen molar-refractivity contribution in [1.82, 2.24) is 24.9 Å². The fourth-order valence-electron chi connectivity index (χ4n) is 3.43. The third-order valence-corrected chi connectivity index (χ3v) is 4.27. The molecular formula is C22H26N6O.